The molecule has 0 saturated heterocycles. The third-order valence-corrected chi connectivity index (χ3v) is 5.30. The van der Waals surface area contributed by atoms with Gasteiger partial charge in [-0.2, -0.15) is 0 Å². The average Bonchev–Trinajstić information content (AvgIpc) is 3.29. The second-order valence-electron chi connectivity index (χ2n) is 6.97. The van der Waals surface area contributed by atoms with Crippen molar-refractivity contribution in [3.8, 4) is 0 Å². The van der Waals surface area contributed by atoms with Crippen molar-refractivity contribution in [2.24, 2.45) is 0 Å². The number of para-hydroxylation sites is 1. The van der Waals surface area contributed by atoms with Crippen molar-refractivity contribution in [2.45, 2.75) is 13.3 Å². The first-order valence-corrected chi connectivity index (χ1v) is 9.10. The van der Waals surface area contributed by atoms with Crippen LogP contribution in [0.4, 0.5) is 5.69 Å². The van der Waals surface area contributed by atoms with Crippen LogP contribution in [0.2, 0.25) is 0 Å². The van der Waals surface area contributed by atoms with Gasteiger partial charge in [-0.3, -0.25) is 0 Å². The molecule has 3 aromatic carbocycles. The van der Waals surface area contributed by atoms with Crippen LogP contribution < -0.4 is 4.99 Å². The van der Waals surface area contributed by atoms with Crippen molar-refractivity contribution < 1.29 is 4.99 Å². The molecular formula is C25H20N+. The lowest BCUT2D eigenvalue weighted by Gasteiger charge is -2.14. The number of aryl methyl sites for hydroxylation is 1. The van der Waals surface area contributed by atoms with E-state index in [0.29, 0.717) is 0 Å². The highest BCUT2D eigenvalue weighted by Crippen LogP contribution is 2.42. The van der Waals surface area contributed by atoms with Crippen LogP contribution in [0.3, 0.4) is 0 Å². The van der Waals surface area contributed by atoms with Crippen LogP contribution in [-0.2, 0) is 6.42 Å². The van der Waals surface area contributed by atoms with Gasteiger partial charge < -0.3 is 0 Å². The molecule has 0 aromatic heterocycles. The molecule has 124 valence electrons. The maximum absolute atomic E-state index is 3.45. The summed E-state index contributed by atoms with van der Waals surface area (Å²) in [4.78, 5) is 3.45. The Bertz CT molecular complexity index is 1100. The molecular weight excluding hydrogens is 314 g/mol. The van der Waals surface area contributed by atoms with Crippen molar-refractivity contribution in [1.82, 2.24) is 0 Å². The first-order valence-electron chi connectivity index (χ1n) is 9.10. The van der Waals surface area contributed by atoms with Gasteiger partial charge in [-0.15, -0.1) is 0 Å². The molecule has 1 nitrogen and oxygen atoms in total. The molecule has 2 aliphatic rings. The highest BCUT2D eigenvalue weighted by atomic mass is 14.8. The number of hydrogen-bond donors (Lipinski definition) is 1. The molecule has 0 fully saturated rings. The summed E-state index contributed by atoms with van der Waals surface area (Å²) in [6, 6.07) is 26.2. The van der Waals surface area contributed by atoms with E-state index in [1.807, 2.05) is 0 Å². The minimum absolute atomic E-state index is 1.00. The molecule has 1 aliphatic carbocycles. The highest BCUT2D eigenvalue weighted by Gasteiger charge is 2.27. The third-order valence-electron chi connectivity index (χ3n) is 5.30. The zero-order chi connectivity index (χ0) is 17.5. The van der Waals surface area contributed by atoms with Gasteiger partial charge in [-0.05, 0) is 41.7 Å². The third kappa shape index (κ3) is 2.36. The molecule has 1 N–H and O–H groups in total. The van der Waals surface area contributed by atoms with Gasteiger partial charge in [0.05, 0.1) is 11.1 Å². The van der Waals surface area contributed by atoms with Crippen LogP contribution in [0, 0.1) is 6.92 Å². The van der Waals surface area contributed by atoms with E-state index in [2.05, 4.69) is 97.0 Å². The zero-order valence-corrected chi connectivity index (χ0v) is 14.8. The van der Waals surface area contributed by atoms with Gasteiger partial charge in [0.15, 0.2) is 6.21 Å². The Hall–Kier alpha value is -3.19. The van der Waals surface area contributed by atoms with Gasteiger partial charge in [-0.25, -0.2) is 4.99 Å². The molecule has 3 aromatic rings. The second kappa shape index (κ2) is 5.96. The number of fused-ring (bicyclic) bond motifs is 2. The highest BCUT2D eigenvalue weighted by molar-refractivity contribution is 6.30. The van der Waals surface area contributed by atoms with E-state index in [9.17, 15) is 0 Å². The van der Waals surface area contributed by atoms with E-state index in [1.165, 1.54) is 50.2 Å². The topological polar surface area (TPSA) is 14.0 Å². The van der Waals surface area contributed by atoms with Gasteiger partial charge in [0.25, 0.3) is 0 Å². The Morgan fingerprint density at radius 1 is 0.808 bits per heavy atom. The van der Waals surface area contributed by atoms with Gasteiger partial charge in [-0.1, -0.05) is 72.3 Å². The molecule has 1 heterocycles. The Morgan fingerprint density at radius 2 is 1.54 bits per heavy atom. The molecule has 1 aliphatic heterocycles. The summed E-state index contributed by atoms with van der Waals surface area (Å²) >= 11 is 0. The van der Waals surface area contributed by atoms with Crippen molar-refractivity contribution >= 4 is 28.6 Å². The average molecular weight is 334 g/mol. The van der Waals surface area contributed by atoms with Crippen molar-refractivity contribution in [2.75, 3.05) is 0 Å². The second-order valence-corrected chi connectivity index (χ2v) is 6.97. The molecule has 0 unspecified atom stereocenters. The van der Waals surface area contributed by atoms with Crippen molar-refractivity contribution in [1.29, 1.82) is 0 Å². The first kappa shape index (κ1) is 15.1. The normalized spacial score (nSPS) is 16.3. The molecule has 0 bridgehead atoms. The molecule has 0 atom stereocenters. The quantitative estimate of drug-likeness (QED) is 0.716. The van der Waals surface area contributed by atoms with Gasteiger partial charge in [0, 0.05) is 11.6 Å². The molecule has 0 spiro atoms. The number of rotatable bonds is 2. The van der Waals surface area contributed by atoms with E-state index in [0.717, 1.165) is 6.42 Å². The lowest BCUT2D eigenvalue weighted by atomic mass is 9.87. The summed E-state index contributed by atoms with van der Waals surface area (Å²) < 4.78 is 0. The fraction of sp³-hybridized carbons (Fsp3) is 0.0800. The fourth-order valence-electron chi connectivity index (χ4n) is 3.97. The first-order chi connectivity index (χ1) is 12.8. The van der Waals surface area contributed by atoms with Crippen LogP contribution in [0.25, 0.3) is 16.7 Å². The lowest BCUT2D eigenvalue weighted by molar-refractivity contribution is -0.342. The van der Waals surface area contributed by atoms with Crippen LogP contribution in [0.15, 0.2) is 78.9 Å². The van der Waals surface area contributed by atoms with Crippen LogP contribution in [0.1, 0.15) is 27.8 Å². The Kier molecular flexibility index (Phi) is 3.46. The molecule has 26 heavy (non-hydrogen) atoms. The lowest BCUT2D eigenvalue weighted by Crippen LogP contribution is -2.58. The van der Waals surface area contributed by atoms with Crippen LogP contribution in [0.5, 0.6) is 0 Å². The predicted molar refractivity (Wildman–Crippen MR) is 109 cm³/mol. The molecule has 5 rings (SSSR count). The van der Waals surface area contributed by atoms with Gasteiger partial charge in [0.1, 0.15) is 0 Å². The monoisotopic (exact) mass is 334 g/mol. The van der Waals surface area contributed by atoms with Crippen LogP contribution >= 0.6 is 0 Å². The Balaban J connectivity index is 1.78. The number of allylic oxidation sites excluding steroid dienone is 4. The largest absolute Gasteiger partial charge is 0.211 e. The Labute approximate surface area is 154 Å². The van der Waals surface area contributed by atoms with E-state index >= 15 is 0 Å². The SMILES string of the molecule is Cc1ccc(C(C2=CCc3ccccc32)=C2C=[NH+]c3ccccc32)cc1. The summed E-state index contributed by atoms with van der Waals surface area (Å²) in [5.74, 6) is 0. The van der Waals surface area contributed by atoms with E-state index in [1.54, 1.807) is 0 Å². The maximum Gasteiger partial charge on any atom is 0.211 e. The predicted octanol–water partition coefficient (Wildman–Crippen LogP) is 4.34. The van der Waals surface area contributed by atoms with E-state index in [4.69, 9.17) is 0 Å². The standard InChI is InChI=1S/C25H19N/c1-17-10-12-19(13-11-17)25(22-15-14-18-6-2-3-7-20(18)22)23-16-26-24-9-5-4-8-21(23)24/h2-13,15-16H,14H2,1H3/p+1. The molecule has 0 saturated carbocycles. The number of hydrogen-bond acceptors (Lipinski definition) is 0. The zero-order valence-electron chi connectivity index (χ0n) is 14.8. The minimum Gasteiger partial charge on any atom is -0.210 e. The molecule has 0 radical (unpaired) electrons. The summed E-state index contributed by atoms with van der Waals surface area (Å²) in [7, 11) is 0. The molecule has 0 amide bonds. The summed E-state index contributed by atoms with van der Waals surface area (Å²) in [5.41, 5.74) is 11.7. The number of nitrogens with one attached hydrogen (secondary N) is 1. The Morgan fingerprint density at radius 3 is 2.38 bits per heavy atom. The summed E-state index contributed by atoms with van der Waals surface area (Å²) in [6.45, 7) is 2.14. The van der Waals surface area contributed by atoms with Crippen molar-refractivity contribution in [3.63, 3.8) is 0 Å². The van der Waals surface area contributed by atoms with E-state index in [-0.39, 0.29) is 0 Å². The summed E-state index contributed by atoms with van der Waals surface area (Å²) in [5, 5.41) is 0. The molecule has 1 heteroatoms. The van der Waals surface area contributed by atoms with Crippen LogP contribution in [-0.4, -0.2) is 6.21 Å². The van der Waals surface area contributed by atoms with Gasteiger partial charge >= 0.3 is 0 Å². The number of benzene rings is 3. The smallest absolute Gasteiger partial charge is 0.210 e. The fourth-order valence-corrected chi connectivity index (χ4v) is 3.97. The summed E-state index contributed by atoms with van der Waals surface area (Å²) in [6.07, 6.45) is 5.53. The maximum atomic E-state index is 3.45. The van der Waals surface area contributed by atoms with Crippen molar-refractivity contribution in [3.05, 3.63) is 107 Å². The van der Waals surface area contributed by atoms with Gasteiger partial charge in [0.2, 0.25) is 5.69 Å². The van der Waals surface area contributed by atoms with E-state index < -0.39 is 0 Å². The minimum atomic E-state index is 1.00.